The summed E-state index contributed by atoms with van der Waals surface area (Å²) >= 11 is 7.82. The van der Waals surface area contributed by atoms with Gasteiger partial charge in [0.25, 0.3) is 0 Å². The van der Waals surface area contributed by atoms with E-state index < -0.39 is 0 Å². The standard InChI is InChI=1S/C16H21ClN4S/c1-11(2)14-10-22-15(21-14)9-20-16(18-3)19-8-12-6-4-5-7-13(12)17/h4-7,10-11H,8-9H2,1-3H3,(H2,18,19,20). The van der Waals surface area contributed by atoms with E-state index in [1.165, 1.54) is 0 Å². The average Bonchev–Trinajstić information content (AvgIpc) is 2.98. The summed E-state index contributed by atoms with van der Waals surface area (Å²) in [4.78, 5) is 8.82. The second-order valence-electron chi connectivity index (χ2n) is 5.19. The van der Waals surface area contributed by atoms with Gasteiger partial charge in [-0.3, -0.25) is 4.99 Å². The Hall–Kier alpha value is -1.59. The van der Waals surface area contributed by atoms with Crippen LogP contribution >= 0.6 is 22.9 Å². The van der Waals surface area contributed by atoms with Crippen molar-refractivity contribution in [1.29, 1.82) is 0 Å². The second kappa shape index (κ2) is 8.15. The molecule has 0 saturated heterocycles. The van der Waals surface area contributed by atoms with Crippen molar-refractivity contribution >= 4 is 28.9 Å². The van der Waals surface area contributed by atoms with E-state index in [1.54, 1.807) is 18.4 Å². The van der Waals surface area contributed by atoms with Crippen molar-refractivity contribution in [3.8, 4) is 0 Å². The maximum Gasteiger partial charge on any atom is 0.191 e. The molecule has 0 radical (unpaired) electrons. The van der Waals surface area contributed by atoms with E-state index in [-0.39, 0.29) is 0 Å². The number of guanidine groups is 1. The Kier molecular flexibility index (Phi) is 6.21. The number of nitrogens with zero attached hydrogens (tertiary/aromatic N) is 2. The average molecular weight is 337 g/mol. The molecule has 0 unspecified atom stereocenters. The monoisotopic (exact) mass is 336 g/mol. The van der Waals surface area contributed by atoms with Crippen molar-refractivity contribution in [3.05, 3.63) is 50.9 Å². The zero-order valence-electron chi connectivity index (χ0n) is 13.1. The summed E-state index contributed by atoms with van der Waals surface area (Å²) in [7, 11) is 1.75. The molecule has 2 rings (SSSR count). The van der Waals surface area contributed by atoms with Crippen LogP contribution < -0.4 is 10.6 Å². The minimum Gasteiger partial charge on any atom is -0.352 e. The van der Waals surface area contributed by atoms with E-state index in [2.05, 4.69) is 39.8 Å². The molecule has 2 aromatic rings. The lowest BCUT2D eigenvalue weighted by Gasteiger charge is -2.11. The molecule has 0 atom stereocenters. The van der Waals surface area contributed by atoms with Crippen LogP contribution in [-0.2, 0) is 13.1 Å². The molecular formula is C16H21ClN4S. The van der Waals surface area contributed by atoms with Crippen LogP contribution in [0.25, 0.3) is 0 Å². The number of aromatic nitrogens is 1. The van der Waals surface area contributed by atoms with Gasteiger partial charge < -0.3 is 10.6 Å². The molecule has 2 N–H and O–H groups in total. The number of thiazole rings is 1. The highest BCUT2D eigenvalue weighted by molar-refractivity contribution is 7.09. The predicted molar refractivity (Wildman–Crippen MR) is 94.7 cm³/mol. The highest BCUT2D eigenvalue weighted by Crippen LogP contribution is 2.17. The minimum absolute atomic E-state index is 0.461. The molecule has 4 nitrogen and oxygen atoms in total. The molecule has 6 heteroatoms. The third kappa shape index (κ3) is 4.71. The van der Waals surface area contributed by atoms with Gasteiger partial charge in [0.2, 0.25) is 0 Å². The van der Waals surface area contributed by atoms with Crippen molar-refractivity contribution in [2.75, 3.05) is 7.05 Å². The van der Waals surface area contributed by atoms with Crippen molar-refractivity contribution in [2.45, 2.75) is 32.9 Å². The molecule has 1 heterocycles. The summed E-state index contributed by atoms with van der Waals surface area (Å²) in [6.45, 7) is 5.60. The fraction of sp³-hybridized carbons (Fsp3) is 0.375. The van der Waals surface area contributed by atoms with E-state index in [9.17, 15) is 0 Å². The Morgan fingerprint density at radius 2 is 2.00 bits per heavy atom. The van der Waals surface area contributed by atoms with Gasteiger partial charge in [0.15, 0.2) is 5.96 Å². The molecule has 0 aliphatic carbocycles. The molecule has 118 valence electrons. The Labute approximate surface area is 140 Å². The molecule has 0 bridgehead atoms. The van der Waals surface area contributed by atoms with Crippen LogP contribution in [0.15, 0.2) is 34.6 Å². The number of benzene rings is 1. The molecule has 0 spiro atoms. The molecule has 0 amide bonds. The lowest BCUT2D eigenvalue weighted by atomic mass is 10.2. The minimum atomic E-state index is 0.461. The van der Waals surface area contributed by atoms with E-state index in [4.69, 9.17) is 11.6 Å². The number of nitrogens with one attached hydrogen (secondary N) is 2. The Bertz CT molecular complexity index is 637. The summed E-state index contributed by atoms with van der Waals surface area (Å²) < 4.78 is 0. The SMILES string of the molecule is CN=C(NCc1nc(C(C)C)cs1)NCc1ccccc1Cl. The summed E-state index contributed by atoms with van der Waals surface area (Å²) in [5.41, 5.74) is 2.18. The van der Waals surface area contributed by atoms with Crippen molar-refractivity contribution in [1.82, 2.24) is 15.6 Å². The molecule has 1 aromatic heterocycles. The van der Waals surface area contributed by atoms with E-state index in [1.807, 2.05) is 24.3 Å². The van der Waals surface area contributed by atoms with Crippen LogP contribution in [0.4, 0.5) is 0 Å². The Morgan fingerprint density at radius 1 is 1.27 bits per heavy atom. The maximum atomic E-state index is 6.15. The fourth-order valence-electron chi connectivity index (χ4n) is 1.87. The Balaban J connectivity index is 1.86. The van der Waals surface area contributed by atoms with Crippen molar-refractivity contribution in [3.63, 3.8) is 0 Å². The number of rotatable bonds is 5. The van der Waals surface area contributed by atoms with E-state index >= 15 is 0 Å². The maximum absolute atomic E-state index is 6.15. The third-order valence-corrected chi connectivity index (χ3v) is 4.43. The number of aliphatic imine (C=N–C) groups is 1. The third-order valence-electron chi connectivity index (χ3n) is 3.20. The van der Waals surface area contributed by atoms with Gasteiger partial charge >= 0.3 is 0 Å². The first kappa shape index (κ1) is 16.8. The van der Waals surface area contributed by atoms with Crippen LogP contribution in [0.1, 0.15) is 36.0 Å². The van der Waals surface area contributed by atoms with Gasteiger partial charge in [-0.15, -0.1) is 11.3 Å². The van der Waals surface area contributed by atoms with Crippen LogP contribution in [0.2, 0.25) is 5.02 Å². The zero-order valence-corrected chi connectivity index (χ0v) is 14.6. The first-order valence-electron chi connectivity index (χ1n) is 7.22. The quantitative estimate of drug-likeness (QED) is 0.645. The molecule has 22 heavy (non-hydrogen) atoms. The normalized spacial score (nSPS) is 11.8. The Morgan fingerprint density at radius 3 is 2.64 bits per heavy atom. The van der Waals surface area contributed by atoms with Gasteiger partial charge in [-0.05, 0) is 17.5 Å². The van der Waals surface area contributed by atoms with Gasteiger partial charge in [-0.25, -0.2) is 4.98 Å². The number of halogens is 1. The van der Waals surface area contributed by atoms with Gasteiger partial charge in [-0.2, -0.15) is 0 Å². The topological polar surface area (TPSA) is 49.3 Å². The molecule has 1 aromatic carbocycles. The highest BCUT2D eigenvalue weighted by Gasteiger charge is 2.06. The van der Waals surface area contributed by atoms with Crippen LogP contribution in [0.5, 0.6) is 0 Å². The molecule has 0 saturated carbocycles. The van der Waals surface area contributed by atoms with Crippen LogP contribution in [-0.4, -0.2) is 18.0 Å². The summed E-state index contributed by atoms with van der Waals surface area (Å²) in [5.74, 6) is 1.20. The molecule has 0 fully saturated rings. The van der Waals surface area contributed by atoms with Gasteiger partial charge in [0.1, 0.15) is 5.01 Å². The summed E-state index contributed by atoms with van der Waals surface area (Å²) in [6, 6.07) is 7.78. The number of hydrogen-bond donors (Lipinski definition) is 2. The summed E-state index contributed by atoms with van der Waals surface area (Å²) in [5, 5.41) is 10.5. The lowest BCUT2D eigenvalue weighted by molar-refractivity contribution is 0.785. The molecule has 0 aliphatic rings. The molecular weight excluding hydrogens is 316 g/mol. The fourth-order valence-corrected chi connectivity index (χ4v) is 2.97. The van der Waals surface area contributed by atoms with E-state index in [0.717, 1.165) is 27.2 Å². The predicted octanol–water partition coefficient (Wildman–Crippen LogP) is 3.79. The molecule has 0 aliphatic heterocycles. The zero-order chi connectivity index (χ0) is 15.9. The van der Waals surface area contributed by atoms with Crippen LogP contribution in [0.3, 0.4) is 0 Å². The lowest BCUT2D eigenvalue weighted by Crippen LogP contribution is -2.36. The highest BCUT2D eigenvalue weighted by atomic mass is 35.5. The first-order valence-corrected chi connectivity index (χ1v) is 8.48. The number of hydrogen-bond acceptors (Lipinski definition) is 3. The summed E-state index contributed by atoms with van der Waals surface area (Å²) in [6.07, 6.45) is 0. The van der Waals surface area contributed by atoms with E-state index in [0.29, 0.717) is 19.0 Å². The van der Waals surface area contributed by atoms with Crippen LogP contribution in [0, 0.1) is 0 Å². The van der Waals surface area contributed by atoms with Crippen molar-refractivity contribution < 1.29 is 0 Å². The first-order chi connectivity index (χ1) is 10.6. The van der Waals surface area contributed by atoms with Gasteiger partial charge in [0, 0.05) is 24.0 Å². The second-order valence-corrected chi connectivity index (χ2v) is 6.54. The van der Waals surface area contributed by atoms with Gasteiger partial charge in [-0.1, -0.05) is 43.6 Å². The largest absolute Gasteiger partial charge is 0.352 e. The van der Waals surface area contributed by atoms with Gasteiger partial charge in [0.05, 0.1) is 12.2 Å². The smallest absolute Gasteiger partial charge is 0.191 e. The van der Waals surface area contributed by atoms with Crippen molar-refractivity contribution in [2.24, 2.45) is 4.99 Å².